The number of rotatable bonds is 1. The number of hydrogen-bond donors (Lipinski definition) is 1. The van der Waals surface area contributed by atoms with Gasteiger partial charge in [-0.3, -0.25) is 0 Å². The average molecular weight is 143 g/mol. The van der Waals surface area contributed by atoms with Crippen molar-refractivity contribution in [1.29, 1.82) is 0 Å². The van der Waals surface area contributed by atoms with Crippen molar-refractivity contribution in [3.63, 3.8) is 0 Å². The summed E-state index contributed by atoms with van der Waals surface area (Å²) in [6.07, 6.45) is 2.50. The van der Waals surface area contributed by atoms with Crippen molar-refractivity contribution < 1.29 is 4.57 Å². The van der Waals surface area contributed by atoms with Crippen LogP contribution in [-0.2, 0) is 4.57 Å². The van der Waals surface area contributed by atoms with Crippen LogP contribution in [0.25, 0.3) is 0 Å². The lowest BCUT2D eigenvalue weighted by Crippen LogP contribution is -2.10. The molecule has 1 heterocycles. The summed E-state index contributed by atoms with van der Waals surface area (Å²) in [4.78, 5) is 10.6. The predicted octanol–water partition coefficient (Wildman–Crippen LogP) is -0.802. The molecule has 0 aromatic carbocycles. The van der Waals surface area contributed by atoms with Crippen molar-refractivity contribution in [2.24, 2.45) is 5.50 Å². The van der Waals surface area contributed by atoms with Gasteiger partial charge in [0.1, 0.15) is 12.7 Å². The number of nitrogens with two attached hydrogens (primary N) is 1. The molecule has 0 aliphatic heterocycles. The minimum Gasteiger partial charge on any atom is -0.225 e. The summed E-state index contributed by atoms with van der Waals surface area (Å²) in [5.41, 5.74) is 5.11. The van der Waals surface area contributed by atoms with E-state index < -0.39 is 7.95 Å². The number of nitrogens with zero attached hydrogens (tertiary/aromatic N) is 3. The third-order valence-electron chi connectivity index (χ3n) is 0.677. The molecule has 0 fully saturated rings. The molecule has 6 heteroatoms. The first kappa shape index (κ1) is 6.19. The summed E-state index contributed by atoms with van der Waals surface area (Å²) in [6, 6.07) is 0. The van der Waals surface area contributed by atoms with Gasteiger partial charge in [-0.2, -0.15) is 9.97 Å². The second kappa shape index (κ2) is 2.57. The van der Waals surface area contributed by atoms with Crippen LogP contribution < -0.4 is 11.1 Å². The molecule has 0 amide bonds. The van der Waals surface area contributed by atoms with E-state index >= 15 is 0 Å². The second-order valence-corrected chi connectivity index (χ2v) is 2.32. The quantitative estimate of drug-likeness (QED) is 0.520. The first-order chi connectivity index (χ1) is 4.30. The van der Waals surface area contributed by atoms with Gasteiger partial charge in [0.25, 0.3) is 0 Å². The molecule has 5 nitrogen and oxygen atoms in total. The molecule has 0 aliphatic rings. The Morgan fingerprint density at radius 1 is 1.44 bits per heavy atom. The fourth-order valence-corrected chi connectivity index (χ4v) is 0.678. The molecule has 0 bridgehead atoms. The molecule has 1 aromatic rings. The van der Waals surface area contributed by atoms with Crippen molar-refractivity contribution in [2.75, 3.05) is 0 Å². The third kappa shape index (κ3) is 1.48. The lowest BCUT2D eigenvalue weighted by molar-refractivity contribution is 0.593. The molecular weight excluding hydrogens is 139 g/mol. The molecule has 1 rings (SSSR count). The Bertz CT molecular complexity index is 212. The lowest BCUT2D eigenvalue weighted by Gasteiger charge is -1.76. The molecule has 0 aliphatic carbocycles. The smallest absolute Gasteiger partial charge is 0.225 e. The van der Waals surface area contributed by atoms with E-state index in [1.54, 1.807) is 0 Å². The third-order valence-corrected chi connectivity index (χ3v) is 1.30. The van der Waals surface area contributed by atoms with Gasteiger partial charge in [-0.15, -0.1) is 5.50 Å². The van der Waals surface area contributed by atoms with Crippen LogP contribution in [-0.4, -0.2) is 15.0 Å². The Morgan fingerprint density at radius 3 is 2.33 bits per heavy atom. The maximum Gasteiger partial charge on any atom is 0.511 e. The van der Waals surface area contributed by atoms with Crippen molar-refractivity contribution in [2.45, 2.75) is 0 Å². The van der Waals surface area contributed by atoms with Crippen LogP contribution in [0.2, 0.25) is 0 Å². The molecule has 0 saturated heterocycles. The van der Waals surface area contributed by atoms with Gasteiger partial charge in [-0.05, 0) is 4.57 Å². The minimum absolute atomic E-state index is 0.139. The van der Waals surface area contributed by atoms with E-state index in [0.717, 1.165) is 0 Å². The average Bonchev–Trinajstić information content (AvgIpc) is 1.90. The topological polar surface area (TPSA) is 81.8 Å². The SMILES string of the molecule is N[P+](=O)c1ncncn1. The van der Waals surface area contributed by atoms with Gasteiger partial charge in [-0.1, -0.05) is 0 Å². The molecular formula is C3H4N4OP+. The largest absolute Gasteiger partial charge is 0.511 e. The van der Waals surface area contributed by atoms with E-state index in [1.165, 1.54) is 12.7 Å². The zero-order chi connectivity index (χ0) is 6.69. The first-order valence-electron chi connectivity index (χ1n) is 2.14. The molecule has 1 unspecified atom stereocenters. The van der Waals surface area contributed by atoms with Crippen molar-refractivity contribution in [3.05, 3.63) is 12.7 Å². The summed E-state index contributed by atoms with van der Waals surface area (Å²) in [5, 5.41) is 0. The van der Waals surface area contributed by atoms with Crippen molar-refractivity contribution in [3.8, 4) is 0 Å². The second-order valence-electron chi connectivity index (χ2n) is 1.26. The summed E-state index contributed by atoms with van der Waals surface area (Å²) < 4.78 is 10.4. The molecule has 46 valence electrons. The Balaban J connectivity index is 2.98. The van der Waals surface area contributed by atoms with Crippen molar-refractivity contribution in [1.82, 2.24) is 15.0 Å². The highest BCUT2D eigenvalue weighted by Gasteiger charge is 2.15. The first-order valence-corrected chi connectivity index (χ1v) is 3.47. The van der Waals surface area contributed by atoms with Gasteiger partial charge in [0.2, 0.25) is 0 Å². The molecule has 0 saturated carbocycles. The monoisotopic (exact) mass is 143 g/mol. The lowest BCUT2D eigenvalue weighted by atomic mass is 11.1. The van der Waals surface area contributed by atoms with Crippen LogP contribution >= 0.6 is 7.95 Å². The van der Waals surface area contributed by atoms with Crippen LogP contribution in [0.3, 0.4) is 0 Å². The van der Waals surface area contributed by atoms with E-state index in [1.807, 2.05) is 0 Å². The Labute approximate surface area is 52.2 Å². The zero-order valence-electron chi connectivity index (χ0n) is 4.43. The normalized spacial score (nSPS) is 11.0. The maximum absolute atomic E-state index is 10.4. The van der Waals surface area contributed by atoms with E-state index in [0.29, 0.717) is 0 Å². The summed E-state index contributed by atoms with van der Waals surface area (Å²) >= 11 is 0. The fraction of sp³-hybridized carbons (Fsp3) is 0. The number of aromatic nitrogens is 3. The Kier molecular flexibility index (Phi) is 1.77. The highest BCUT2D eigenvalue weighted by molar-refractivity contribution is 7.50. The van der Waals surface area contributed by atoms with Crippen LogP contribution in [0.4, 0.5) is 0 Å². The highest BCUT2D eigenvalue weighted by atomic mass is 31.1. The predicted molar refractivity (Wildman–Crippen MR) is 31.3 cm³/mol. The molecule has 0 radical (unpaired) electrons. The van der Waals surface area contributed by atoms with E-state index in [2.05, 4.69) is 15.0 Å². The van der Waals surface area contributed by atoms with E-state index in [-0.39, 0.29) is 5.57 Å². The van der Waals surface area contributed by atoms with Crippen LogP contribution in [0.1, 0.15) is 0 Å². The summed E-state index contributed by atoms with van der Waals surface area (Å²) in [5.74, 6) is 0. The van der Waals surface area contributed by atoms with Crippen LogP contribution in [0.5, 0.6) is 0 Å². The van der Waals surface area contributed by atoms with Crippen molar-refractivity contribution >= 4 is 13.5 Å². The summed E-state index contributed by atoms with van der Waals surface area (Å²) in [7, 11) is -1.91. The minimum atomic E-state index is -1.91. The molecule has 1 aromatic heterocycles. The van der Waals surface area contributed by atoms with Gasteiger partial charge in [0, 0.05) is 0 Å². The Hall–Kier alpha value is -0.930. The van der Waals surface area contributed by atoms with Gasteiger partial charge in [-0.25, -0.2) is 4.98 Å². The molecule has 9 heavy (non-hydrogen) atoms. The molecule has 1 atom stereocenters. The Morgan fingerprint density at radius 2 is 2.00 bits per heavy atom. The standard InChI is InChI=1S/C3H4N4OP/c4-9(8)3-6-1-5-2-7-3/h1-2H,(H2,4,8)/q+1. The molecule has 0 spiro atoms. The van der Waals surface area contributed by atoms with Crippen LogP contribution in [0.15, 0.2) is 12.7 Å². The molecule has 2 N–H and O–H groups in total. The van der Waals surface area contributed by atoms with E-state index in [4.69, 9.17) is 5.50 Å². The highest BCUT2D eigenvalue weighted by Crippen LogP contribution is 1.99. The van der Waals surface area contributed by atoms with Gasteiger partial charge >= 0.3 is 13.5 Å². The summed E-state index contributed by atoms with van der Waals surface area (Å²) in [6.45, 7) is 0. The zero-order valence-corrected chi connectivity index (χ0v) is 5.32. The fourth-order valence-electron chi connectivity index (χ4n) is 0.347. The van der Waals surface area contributed by atoms with Gasteiger partial charge in [0.15, 0.2) is 0 Å². The van der Waals surface area contributed by atoms with Gasteiger partial charge in [0.05, 0.1) is 0 Å². The van der Waals surface area contributed by atoms with E-state index in [9.17, 15) is 4.57 Å². The maximum atomic E-state index is 10.4. The van der Waals surface area contributed by atoms with Gasteiger partial charge < -0.3 is 0 Å². The van der Waals surface area contributed by atoms with Crippen LogP contribution in [0, 0.1) is 0 Å². The number of hydrogen-bond acceptors (Lipinski definition) is 4.